The Morgan fingerprint density at radius 2 is 1.93 bits per heavy atom. The van der Waals surface area contributed by atoms with Gasteiger partial charge in [0.05, 0.1) is 33.9 Å². The van der Waals surface area contributed by atoms with E-state index in [0.29, 0.717) is 57.3 Å². The number of nitrogens with one attached hydrogen (secondary N) is 1. The van der Waals surface area contributed by atoms with Crippen molar-refractivity contribution in [1.29, 1.82) is 0 Å². The molecule has 1 aliphatic heterocycles. The summed E-state index contributed by atoms with van der Waals surface area (Å²) < 4.78 is 57.4. The first-order valence-electron chi connectivity index (χ1n) is 14.3. The van der Waals surface area contributed by atoms with Gasteiger partial charge < -0.3 is 19.5 Å². The van der Waals surface area contributed by atoms with Gasteiger partial charge in [0.15, 0.2) is 20.9 Å². The smallest absolute Gasteiger partial charge is 0.179 e. The Kier molecular flexibility index (Phi) is 9.38. The molecule has 0 saturated heterocycles. The molecule has 0 aliphatic carbocycles. The molecule has 0 radical (unpaired) electrons. The third-order valence-corrected chi connectivity index (χ3v) is 10.2. The first-order chi connectivity index (χ1) is 21.0. The Hall–Kier alpha value is -3.80. The van der Waals surface area contributed by atoms with Crippen molar-refractivity contribution >= 4 is 43.8 Å². The summed E-state index contributed by atoms with van der Waals surface area (Å²) in [7, 11) is -3.51. The molecule has 12 heteroatoms. The van der Waals surface area contributed by atoms with Gasteiger partial charge in [0.25, 0.3) is 0 Å². The average molecular weight is 641 g/mol. The predicted molar refractivity (Wildman–Crippen MR) is 168 cm³/mol. The number of pyridine rings is 1. The molecule has 9 nitrogen and oxygen atoms in total. The summed E-state index contributed by atoms with van der Waals surface area (Å²) in [6, 6.07) is 13.3. The molecule has 0 bridgehead atoms. The van der Waals surface area contributed by atoms with Crippen molar-refractivity contribution in [3.05, 3.63) is 95.5 Å². The maximum absolute atomic E-state index is 13.5. The minimum atomic E-state index is -3.51. The van der Waals surface area contributed by atoms with E-state index in [1.165, 1.54) is 18.5 Å². The number of nitrogens with zero attached hydrogens (tertiary/aromatic N) is 3. The molecule has 0 saturated carbocycles. The van der Waals surface area contributed by atoms with Gasteiger partial charge >= 0.3 is 0 Å². The van der Waals surface area contributed by atoms with E-state index < -0.39 is 32.2 Å². The van der Waals surface area contributed by atoms with E-state index in [2.05, 4.69) is 20.3 Å². The molecule has 3 unspecified atom stereocenters. The van der Waals surface area contributed by atoms with Crippen molar-refractivity contribution in [2.75, 3.05) is 5.32 Å². The Bertz CT molecular complexity index is 1780. The molecule has 2 aromatic carbocycles. The van der Waals surface area contributed by atoms with Gasteiger partial charge in [0, 0.05) is 17.5 Å². The van der Waals surface area contributed by atoms with Crippen molar-refractivity contribution in [3.63, 3.8) is 0 Å². The molecule has 4 aromatic rings. The van der Waals surface area contributed by atoms with Gasteiger partial charge in [-0.25, -0.2) is 22.8 Å². The minimum Gasteiger partial charge on any atom is -0.487 e. The lowest BCUT2D eigenvalue weighted by molar-refractivity contribution is -0.118. The van der Waals surface area contributed by atoms with E-state index in [4.69, 9.17) is 25.8 Å². The fraction of sp³-hybridized carbons (Fsp3) is 0.344. The maximum Gasteiger partial charge on any atom is 0.179 e. The predicted octanol–water partition coefficient (Wildman–Crippen LogP) is 7.23. The minimum absolute atomic E-state index is 0.167. The van der Waals surface area contributed by atoms with Crippen LogP contribution in [0.4, 0.5) is 15.9 Å². The monoisotopic (exact) mass is 640 g/mol. The zero-order chi connectivity index (χ0) is 31.5. The van der Waals surface area contributed by atoms with Crippen molar-refractivity contribution in [1.82, 2.24) is 15.0 Å². The maximum atomic E-state index is 13.5. The largest absolute Gasteiger partial charge is 0.487 e. The number of benzene rings is 2. The number of anilines is 2. The van der Waals surface area contributed by atoms with Gasteiger partial charge in [0.1, 0.15) is 36.4 Å². The van der Waals surface area contributed by atoms with Gasteiger partial charge in [-0.3, -0.25) is 4.98 Å². The number of fused-ring (bicyclic) bond motifs is 1. The summed E-state index contributed by atoms with van der Waals surface area (Å²) in [6.45, 7) is 6.93. The van der Waals surface area contributed by atoms with Crippen LogP contribution >= 0.6 is 11.6 Å². The van der Waals surface area contributed by atoms with Crippen LogP contribution in [0.5, 0.6) is 5.75 Å². The highest BCUT2D eigenvalue weighted by Gasteiger charge is 2.47. The quantitative estimate of drug-likeness (QED) is 0.171. The summed E-state index contributed by atoms with van der Waals surface area (Å²) in [6.07, 6.45) is 6.87. The fourth-order valence-corrected chi connectivity index (χ4v) is 6.41. The van der Waals surface area contributed by atoms with E-state index in [-0.39, 0.29) is 12.4 Å². The van der Waals surface area contributed by atoms with Crippen LogP contribution in [0.25, 0.3) is 10.9 Å². The van der Waals surface area contributed by atoms with Gasteiger partial charge in [0.2, 0.25) is 0 Å². The molecular formula is C32H34ClFN4O5S. The molecule has 0 spiro atoms. The SMILES string of the molecule is CCC(OC(C)S(=O)(=O)C(C)C)C1(c2cc3c(Nc4ccc(OCc5cccc(F)c5)c(Cl)c4)ncnc3cn2)CC=CO1. The standard InChI is InChI=1S/C32H34ClFN4O5S/c1-5-30(43-21(4)44(39,40)20(2)3)32(12-7-13-42-32)29-16-25-27(17-35-29)36-19-37-31(25)38-24-10-11-28(26(33)15-24)41-18-22-8-6-9-23(34)14-22/h6-11,13-17,19-21,30H,5,12,18H2,1-4H3,(H,36,37,38). The molecule has 0 amide bonds. The van der Waals surface area contributed by atoms with Crippen LogP contribution in [0.2, 0.25) is 5.02 Å². The second-order valence-corrected chi connectivity index (χ2v) is 14.0. The molecule has 44 heavy (non-hydrogen) atoms. The number of aromatic nitrogens is 3. The van der Waals surface area contributed by atoms with E-state index >= 15 is 0 Å². The second-order valence-electron chi connectivity index (χ2n) is 10.8. The lowest BCUT2D eigenvalue weighted by Crippen LogP contribution is -2.45. The average Bonchev–Trinajstić information content (AvgIpc) is 3.50. The molecular weight excluding hydrogens is 607 g/mol. The zero-order valence-corrected chi connectivity index (χ0v) is 26.4. The van der Waals surface area contributed by atoms with Crippen LogP contribution < -0.4 is 10.1 Å². The highest BCUT2D eigenvalue weighted by molar-refractivity contribution is 7.92. The van der Waals surface area contributed by atoms with Crippen molar-refractivity contribution in [3.8, 4) is 5.75 Å². The number of halogens is 2. The lowest BCUT2D eigenvalue weighted by atomic mass is 9.87. The van der Waals surface area contributed by atoms with Gasteiger partial charge in [-0.05, 0) is 75.2 Å². The van der Waals surface area contributed by atoms with Crippen LogP contribution in [0.3, 0.4) is 0 Å². The number of sulfone groups is 1. The lowest BCUT2D eigenvalue weighted by Gasteiger charge is -2.37. The third-order valence-electron chi connectivity index (χ3n) is 7.60. The van der Waals surface area contributed by atoms with Gasteiger partial charge in [-0.15, -0.1) is 0 Å². The summed E-state index contributed by atoms with van der Waals surface area (Å²) in [5.41, 5.74) is 0.431. The Labute approximate surface area is 261 Å². The van der Waals surface area contributed by atoms with E-state index in [1.54, 1.807) is 63.6 Å². The van der Waals surface area contributed by atoms with Gasteiger partial charge in [-0.2, -0.15) is 0 Å². The summed E-state index contributed by atoms with van der Waals surface area (Å²) in [4.78, 5) is 13.5. The van der Waals surface area contributed by atoms with Gasteiger partial charge in [-0.1, -0.05) is 30.7 Å². The van der Waals surface area contributed by atoms with Crippen LogP contribution in [0.1, 0.15) is 51.8 Å². The summed E-state index contributed by atoms with van der Waals surface area (Å²) in [5, 5.41) is 3.76. The Morgan fingerprint density at radius 3 is 2.61 bits per heavy atom. The molecule has 5 rings (SSSR count). The molecule has 2 aromatic heterocycles. The van der Waals surface area contributed by atoms with Crippen LogP contribution in [-0.2, 0) is 31.5 Å². The number of hydrogen-bond acceptors (Lipinski definition) is 9. The highest BCUT2D eigenvalue weighted by Crippen LogP contribution is 2.42. The van der Waals surface area contributed by atoms with Crippen LogP contribution in [0, 0.1) is 5.82 Å². The molecule has 3 atom stereocenters. The molecule has 1 aliphatic rings. The van der Waals surface area contributed by atoms with Crippen molar-refractivity contribution in [2.24, 2.45) is 0 Å². The Balaban J connectivity index is 1.42. The molecule has 0 fully saturated rings. The molecule has 232 valence electrons. The summed E-state index contributed by atoms with van der Waals surface area (Å²) in [5.74, 6) is 0.627. The van der Waals surface area contributed by atoms with E-state index in [9.17, 15) is 12.8 Å². The summed E-state index contributed by atoms with van der Waals surface area (Å²) >= 11 is 6.52. The first-order valence-corrected chi connectivity index (χ1v) is 16.3. The van der Waals surface area contributed by atoms with Crippen molar-refractivity contribution in [2.45, 2.75) is 69.5 Å². The highest BCUT2D eigenvalue weighted by atomic mass is 35.5. The topological polar surface area (TPSA) is 113 Å². The number of rotatable bonds is 12. The van der Waals surface area contributed by atoms with Crippen LogP contribution in [0.15, 0.2) is 73.4 Å². The Morgan fingerprint density at radius 1 is 1.11 bits per heavy atom. The van der Waals surface area contributed by atoms with E-state index in [0.717, 1.165) is 0 Å². The van der Waals surface area contributed by atoms with Crippen molar-refractivity contribution < 1.29 is 27.0 Å². The molecule has 3 heterocycles. The normalized spacial score (nSPS) is 17.9. The molecule has 1 N–H and O–H groups in total. The second kappa shape index (κ2) is 13.1. The third kappa shape index (κ3) is 6.50. The first kappa shape index (κ1) is 31.6. The zero-order valence-electron chi connectivity index (χ0n) is 24.8. The number of hydrogen-bond donors (Lipinski definition) is 1. The number of ether oxygens (including phenoxy) is 3. The van der Waals surface area contributed by atoms with E-state index in [1.807, 2.05) is 19.1 Å². The van der Waals surface area contributed by atoms with Crippen LogP contribution in [-0.4, -0.2) is 40.2 Å². The fourth-order valence-electron chi connectivity index (χ4n) is 5.12.